The van der Waals surface area contributed by atoms with E-state index in [1.165, 1.54) is 12.1 Å². The van der Waals surface area contributed by atoms with Crippen LogP contribution in [0.4, 0.5) is 10.5 Å². The van der Waals surface area contributed by atoms with Gasteiger partial charge in [0.05, 0.1) is 17.1 Å². The number of nitrogens with zero attached hydrogens (tertiary/aromatic N) is 1. The summed E-state index contributed by atoms with van der Waals surface area (Å²) in [7, 11) is -3.69. The van der Waals surface area contributed by atoms with E-state index in [0.29, 0.717) is 12.2 Å². The quantitative estimate of drug-likeness (QED) is 0.576. The summed E-state index contributed by atoms with van der Waals surface area (Å²) in [5.74, 6) is 0. The molecule has 1 aliphatic carbocycles. The van der Waals surface area contributed by atoms with Crippen LogP contribution in [0, 0.1) is 0 Å². The van der Waals surface area contributed by atoms with Crippen LogP contribution in [0.3, 0.4) is 0 Å². The molecule has 31 heavy (non-hydrogen) atoms. The number of nitrogens with one attached hydrogen (secondary N) is 3. The maximum absolute atomic E-state index is 12.9. The number of ether oxygens (including phenoxy) is 1. The minimum Gasteiger partial charge on any atom is -0.374 e. The van der Waals surface area contributed by atoms with E-state index in [1.807, 2.05) is 19.9 Å². The number of aromatic nitrogens is 1. The number of carbonyl (C=O) groups excluding carboxylic acids is 1. The monoisotopic (exact) mass is 446 g/mol. The number of hydrogen-bond acceptors (Lipinski definition) is 5. The van der Waals surface area contributed by atoms with Gasteiger partial charge in [-0.3, -0.25) is 4.98 Å². The van der Waals surface area contributed by atoms with Crippen LogP contribution in [0.25, 0.3) is 0 Å². The van der Waals surface area contributed by atoms with E-state index >= 15 is 0 Å². The van der Waals surface area contributed by atoms with Crippen LogP contribution in [0.2, 0.25) is 0 Å². The Morgan fingerprint density at radius 2 is 1.90 bits per heavy atom. The van der Waals surface area contributed by atoms with Crippen LogP contribution in [0.5, 0.6) is 0 Å². The van der Waals surface area contributed by atoms with Crippen LogP contribution in [-0.2, 0) is 21.3 Å². The summed E-state index contributed by atoms with van der Waals surface area (Å²) in [5.41, 5.74) is 1.38. The van der Waals surface area contributed by atoms with Crippen molar-refractivity contribution in [2.24, 2.45) is 0 Å². The van der Waals surface area contributed by atoms with E-state index in [0.717, 1.165) is 31.2 Å². The molecule has 2 unspecified atom stereocenters. The molecule has 1 heterocycles. The fraction of sp³-hybridized carbons (Fsp3) is 0.455. The summed E-state index contributed by atoms with van der Waals surface area (Å²) in [6, 6.07) is 9.16. The van der Waals surface area contributed by atoms with E-state index in [4.69, 9.17) is 4.74 Å². The van der Waals surface area contributed by atoms with Crippen molar-refractivity contribution in [3.8, 4) is 0 Å². The van der Waals surface area contributed by atoms with Crippen LogP contribution < -0.4 is 15.4 Å². The molecule has 0 radical (unpaired) electrons. The fourth-order valence-corrected chi connectivity index (χ4v) is 4.89. The van der Waals surface area contributed by atoms with Crippen LogP contribution in [0.15, 0.2) is 53.7 Å². The first-order valence-electron chi connectivity index (χ1n) is 10.5. The summed E-state index contributed by atoms with van der Waals surface area (Å²) < 4.78 is 34.4. The molecule has 2 atom stereocenters. The molecule has 2 amide bonds. The summed E-state index contributed by atoms with van der Waals surface area (Å²) in [6.45, 7) is 4.26. The van der Waals surface area contributed by atoms with E-state index in [1.54, 1.807) is 30.6 Å². The number of hydrogen-bond donors (Lipinski definition) is 3. The van der Waals surface area contributed by atoms with E-state index in [2.05, 4.69) is 20.3 Å². The first-order chi connectivity index (χ1) is 14.8. The molecular formula is C22H30N4O4S. The first kappa shape index (κ1) is 23.2. The highest BCUT2D eigenvalue weighted by Gasteiger charge is 2.30. The largest absolute Gasteiger partial charge is 0.374 e. The van der Waals surface area contributed by atoms with Gasteiger partial charge in [-0.2, -0.15) is 0 Å². The number of anilines is 1. The van der Waals surface area contributed by atoms with Crippen molar-refractivity contribution in [1.29, 1.82) is 0 Å². The summed E-state index contributed by atoms with van der Waals surface area (Å²) in [4.78, 5) is 16.2. The Morgan fingerprint density at radius 1 is 1.16 bits per heavy atom. The topological polar surface area (TPSA) is 109 Å². The van der Waals surface area contributed by atoms with Gasteiger partial charge >= 0.3 is 6.03 Å². The second kappa shape index (κ2) is 10.7. The molecule has 1 saturated carbocycles. The van der Waals surface area contributed by atoms with Crippen molar-refractivity contribution in [3.63, 3.8) is 0 Å². The van der Waals surface area contributed by atoms with Gasteiger partial charge in [-0.15, -0.1) is 0 Å². The third-order valence-corrected chi connectivity index (χ3v) is 6.56. The minimum absolute atomic E-state index is 0.0461. The number of urea groups is 1. The van der Waals surface area contributed by atoms with Gasteiger partial charge in [0.1, 0.15) is 0 Å². The van der Waals surface area contributed by atoms with Gasteiger partial charge in [0.2, 0.25) is 10.0 Å². The molecular weight excluding hydrogens is 416 g/mol. The van der Waals surface area contributed by atoms with E-state index in [9.17, 15) is 13.2 Å². The predicted octanol–water partition coefficient (Wildman–Crippen LogP) is 3.42. The molecule has 8 nitrogen and oxygen atoms in total. The van der Waals surface area contributed by atoms with Crippen molar-refractivity contribution in [2.75, 3.05) is 5.32 Å². The summed E-state index contributed by atoms with van der Waals surface area (Å²) >= 11 is 0. The average molecular weight is 447 g/mol. The van der Waals surface area contributed by atoms with Crippen LogP contribution >= 0.6 is 0 Å². The zero-order chi connectivity index (χ0) is 22.3. The Hall–Kier alpha value is -2.49. The second-order valence-corrected chi connectivity index (χ2v) is 9.64. The van der Waals surface area contributed by atoms with Crippen molar-refractivity contribution < 1.29 is 17.9 Å². The fourth-order valence-electron chi connectivity index (χ4n) is 3.59. The highest BCUT2D eigenvalue weighted by molar-refractivity contribution is 7.89. The van der Waals surface area contributed by atoms with Gasteiger partial charge < -0.3 is 15.4 Å². The number of amides is 2. The average Bonchev–Trinajstić information content (AvgIpc) is 2.74. The molecule has 0 saturated heterocycles. The van der Waals surface area contributed by atoms with Crippen molar-refractivity contribution >= 4 is 21.7 Å². The molecule has 0 aliphatic heterocycles. The van der Waals surface area contributed by atoms with Crippen molar-refractivity contribution in [3.05, 3.63) is 54.4 Å². The molecule has 1 aromatic carbocycles. The Morgan fingerprint density at radius 3 is 2.58 bits per heavy atom. The Labute approximate surface area is 183 Å². The number of carbonyl (C=O) groups is 1. The molecule has 1 aromatic heterocycles. The normalized spacial score (nSPS) is 19.2. The zero-order valence-electron chi connectivity index (χ0n) is 17.9. The number of sulfonamides is 1. The molecule has 0 spiro atoms. The number of benzene rings is 1. The Balaban J connectivity index is 1.57. The van der Waals surface area contributed by atoms with Crippen molar-refractivity contribution in [2.45, 2.75) is 69.2 Å². The van der Waals surface area contributed by atoms with Gasteiger partial charge in [-0.1, -0.05) is 18.9 Å². The van der Waals surface area contributed by atoms with E-state index < -0.39 is 10.0 Å². The molecule has 1 aliphatic rings. The van der Waals surface area contributed by atoms with E-state index in [-0.39, 0.29) is 29.2 Å². The maximum Gasteiger partial charge on any atom is 0.319 e. The van der Waals surface area contributed by atoms with Crippen molar-refractivity contribution in [1.82, 2.24) is 15.0 Å². The maximum atomic E-state index is 12.9. The Bertz CT molecular complexity index is 949. The molecule has 0 bridgehead atoms. The molecule has 2 aromatic rings. The first-order valence-corrected chi connectivity index (χ1v) is 12.0. The zero-order valence-corrected chi connectivity index (χ0v) is 18.7. The van der Waals surface area contributed by atoms with Gasteiger partial charge in [0.25, 0.3) is 0 Å². The number of rotatable bonds is 8. The number of pyridine rings is 1. The SMILES string of the molecule is CC(C)OC1CCCCC1NS(=O)(=O)c1ccc(NC(=O)NCc2cccnc2)cc1. The third-order valence-electron chi connectivity index (χ3n) is 5.05. The highest BCUT2D eigenvalue weighted by Crippen LogP contribution is 2.24. The molecule has 1 fully saturated rings. The predicted molar refractivity (Wildman–Crippen MR) is 119 cm³/mol. The molecule has 3 N–H and O–H groups in total. The third kappa shape index (κ3) is 7.02. The molecule has 9 heteroatoms. The minimum atomic E-state index is -3.69. The van der Waals surface area contributed by atoms with Gasteiger partial charge in [0, 0.05) is 30.7 Å². The lowest BCUT2D eigenvalue weighted by molar-refractivity contribution is -0.0262. The standard InChI is InChI=1S/C22H30N4O4S/c1-16(2)30-21-8-4-3-7-20(21)26-31(28,29)19-11-9-18(10-12-19)25-22(27)24-15-17-6-5-13-23-14-17/h5-6,9-14,16,20-21,26H,3-4,7-8,15H2,1-2H3,(H2,24,25,27). The summed E-state index contributed by atoms with van der Waals surface area (Å²) in [6.07, 6.45) is 6.89. The Kier molecular flexibility index (Phi) is 8.00. The van der Waals surface area contributed by atoms with Gasteiger partial charge in [0.15, 0.2) is 0 Å². The lowest BCUT2D eigenvalue weighted by atomic mass is 9.93. The molecule has 168 valence electrons. The smallest absolute Gasteiger partial charge is 0.319 e. The van der Waals surface area contributed by atoms with Crippen LogP contribution in [-0.4, -0.2) is 37.7 Å². The highest BCUT2D eigenvalue weighted by atomic mass is 32.2. The second-order valence-electron chi connectivity index (χ2n) is 7.93. The van der Waals surface area contributed by atoms with Gasteiger partial charge in [-0.05, 0) is 62.6 Å². The van der Waals surface area contributed by atoms with Crippen LogP contribution in [0.1, 0.15) is 45.1 Å². The van der Waals surface area contributed by atoms with Gasteiger partial charge in [-0.25, -0.2) is 17.9 Å². The summed E-state index contributed by atoms with van der Waals surface area (Å²) in [5, 5.41) is 5.43. The molecule has 3 rings (SSSR count). The lowest BCUT2D eigenvalue weighted by Crippen LogP contribution is -2.47. The lowest BCUT2D eigenvalue weighted by Gasteiger charge is -2.33.